The summed E-state index contributed by atoms with van der Waals surface area (Å²) < 4.78 is 30.1. The molecular weight excluding hydrogens is 508 g/mol. The number of fused-ring (bicyclic) bond motifs is 1. The van der Waals surface area contributed by atoms with Gasteiger partial charge in [-0.15, -0.1) is 0 Å². The van der Waals surface area contributed by atoms with Crippen LogP contribution in [0.25, 0.3) is 0 Å². The monoisotopic (exact) mass is 535 g/mol. The number of carbonyl (C=O) groups is 1. The van der Waals surface area contributed by atoms with Gasteiger partial charge >= 0.3 is 0 Å². The molecule has 0 radical (unpaired) electrons. The van der Waals surface area contributed by atoms with Crippen molar-refractivity contribution in [2.45, 2.75) is 25.3 Å². The lowest BCUT2D eigenvalue weighted by Gasteiger charge is -2.36. The Balaban J connectivity index is 1.34. The molecule has 0 bridgehead atoms. The second-order valence-electron chi connectivity index (χ2n) is 9.89. The summed E-state index contributed by atoms with van der Waals surface area (Å²) in [6.07, 6.45) is 1.29. The number of hydrogen-bond acceptors (Lipinski definition) is 5. The maximum absolute atomic E-state index is 15.0. The number of carbonyl (C=O) groups excluding carboxylic acids is 1. The number of nitrogens with one attached hydrogen (secondary N) is 1. The zero-order chi connectivity index (χ0) is 27.0. The van der Waals surface area contributed by atoms with Gasteiger partial charge in [-0.2, -0.15) is 0 Å². The number of likely N-dealkylation sites (N-methyl/N-ethyl adjacent to an activating group) is 1. The highest BCUT2D eigenvalue weighted by Gasteiger charge is 2.47. The minimum absolute atomic E-state index is 0.00884. The molecule has 38 heavy (non-hydrogen) atoms. The Morgan fingerprint density at radius 1 is 1.13 bits per heavy atom. The minimum Gasteiger partial charge on any atom is -0.382 e. The first-order valence-corrected chi connectivity index (χ1v) is 12.8. The number of pyridine rings is 1. The number of halogens is 3. The smallest absolute Gasteiger partial charge is 0.275 e. The van der Waals surface area contributed by atoms with Gasteiger partial charge in [-0.05, 0) is 55.4 Å². The second-order valence-corrected chi connectivity index (χ2v) is 10.3. The summed E-state index contributed by atoms with van der Waals surface area (Å²) in [6, 6.07) is 11.3. The van der Waals surface area contributed by atoms with Crippen LogP contribution >= 0.6 is 11.6 Å². The third-order valence-corrected chi connectivity index (χ3v) is 7.51. The van der Waals surface area contributed by atoms with E-state index in [9.17, 15) is 4.79 Å². The van der Waals surface area contributed by atoms with Crippen LogP contribution in [0.3, 0.4) is 0 Å². The van der Waals surface area contributed by atoms with Crippen LogP contribution in [0.15, 0.2) is 48.7 Å². The van der Waals surface area contributed by atoms with E-state index in [2.05, 4.69) is 31.9 Å². The molecule has 3 N–H and O–H groups in total. The zero-order valence-corrected chi connectivity index (χ0v) is 21.9. The number of alkyl halides is 2. The molecule has 1 aliphatic carbocycles. The summed E-state index contributed by atoms with van der Waals surface area (Å²) in [7, 11) is 2.04. The highest BCUT2D eigenvalue weighted by atomic mass is 35.5. The number of anilines is 2. The quantitative estimate of drug-likeness (QED) is 0.459. The van der Waals surface area contributed by atoms with Crippen molar-refractivity contribution in [2.75, 3.05) is 44.3 Å². The van der Waals surface area contributed by atoms with E-state index in [0.29, 0.717) is 33.0 Å². The number of rotatable bonds is 3. The lowest BCUT2D eigenvalue weighted by atomic mass is 10.0. The number of piperazine rings is 1. The molecule has 196 valence electrons. The fourth-order valence-electron chi connectivity index (χ4n) is 4.92. The third kappa shape index (κ3) is 5.37. The molecule has 6 nitrogen and oxygen atoms in total. The van der Waals surface area contributed by atoms with Crippen molar-refractivity contribution in [2.24, 2.45) is 0 Å². The molecule has 1 saturated heterocycles. The molecule has 2 aliphatic rings. The standard InChI is InChI=1S/C29H28ClF2N5O/c1-18-3-5-21(14-20(18)6-4-19-13-25(30)27(33)34-17-19)28(38)35-22-7-8-23-24(15-22)29(31,32)16-26(23)37-11-9-36(2)10-12-37/h3,5,7-8,13-15,17,26H,9-12,16H2,1-2H3,(H2,33,34)(H,35,38). The molecule has 0 spiro atoms. The summed E-state index contributed by atoms with van der Waals surface area (Å²) in [5, 5.41) is 3.09. The molecule has 5 rings (SSSR count). The molecule has 9 heteroatoms. The lowest BCUT2D eigenvalue weighted by Crippen LogP contribution is -2.45. The van der Waals surface area contributed by atoms with Gasteiger partial charge in [0, 0.05) is 72.8 Å². The predicted octanol–water partition coefficient (Wildman–Crippen LogP) is 5.06. The highest BCUT2D eigenvalue weighted by molar-refractivity contribution is 6.32. The predicted molar refractivity (Wildman–Crippen MR) is 146 cm³/mol. The van der Waals surface area contributed by atoms with Crippen molar-refractivity contribution in [3.05, 3.63) is 87.1 Å². The Labute approximate surface area is 225 Å². The molecule has 1 unspecified atom stereocenters. The first kappa shape index (κ1) is 26.1. The maximum atomic E-state index is 15.0. The van der Waals surface area contributed by atoms with Crippen LogP contribution in [0.1, 0.15) is 50.6 Å². The van der Waals surface area contributed by atoms with Crippen molar-refractivity contribution in [3.63, 3.8) is 0 Å². The number of amides is 1. The van der Waals surface area contributed by atoms with E-state index < -0.39 is 11.8 Å². The minimum atomic E-state index is -2.95. The second kappa shape index (κ2) is 10.3. The number of aromatic nitrogens is 1. The highest BCUT2D eigenvalue weighted by Crippen LogP contribution is 2.50. The van der Waals surface area contributed by atoms with E-state index in [1.54, 1.807) is 36.4 Å². The Hall–Kier alpha value is -3.51. The molecule has 1 fully saturated rings. The van der Waals surface area contributed by atoms with E-state index in [1.807, 2.05) is 14.0 Å². The average Bonchev–Trinajstić information content (AvgIpc) is 3.16. The molecule has 1 aliphatic heterocycles. The summed E-state index contributed by atoms with van der Waals surface area (Å²) in [5.41, 5.74) is 9.11. The number of nitrogens with zero attached hydrogens (tertiary/aromatic N) is 3. The van der Waals surface area contributed by atoms with Crippen LogP contribution in [-0.4, -0.2) is 53.9 Å². The van der Waals surface area contributed by atoms with Gasteiger partial charge in [0.25, 0.3) is 11.8 Å². The fraction of sp³-hybridized carbons (Fsp3) is 0.310. The summed E-state index contributed by atoms with van der Waals surface area (Å²) >= 11 is 6.02. The van der Waals surface area contributed by atoms with E-state index in [0.717, 1.165) is 31.7 Å². The Morgan fingerprint density at radius 2 is 1.89 bits per heavy atom. The first-order chi connectivity index (χ1) is 18.1. The third-order valence-electron chi connectivity index (χ3n) is 7.20. The fourth-order valence-corrected chi connectivity index (χ4v) is 5.09. The molecule has 1 atom stereocenters. The molecule has 2 heterocycles. The number of nitrogen functional groups attached to an aromatic ring is 1. The summed E-state index contributed by atoms with van der Waals surface area (Å²) in [5.74, 6) is 2.90. The van der Waals surface area contributed by atoms with Crippen LogP contribution in [0, 0.1) is 18.8 Å². The molecular formula is C29H28ClF2N5O. The zero-order valence-electron chi connectivity index (χ0n) is 21.2. The van der Waals surface area contributed by atoms with Crippen LogP contribution in [0.4, 0.5) is 20.3 Å². The van der Waals surface area contributed by atoms with Gasteiger partial charge in [0.2, 0.25) is 0 Å². The molecule has 1 aromatic heterocycles. The molecule has 3 aromatic rings. The normalized spacial score (nSPS) is 18.9. The van der Waals surface area contributed by atoms with Gasteiger partial charge in [0.05, 0.1) is 5.02 Å². The van der Waals surface area contributed by atoms with E-state index in [-0.39, 0.29) is 23.8 Å². The van der Waals surface area contributed by atoms with Crippen molar-refractivity contribution >= 4 is 29.0 Å². The topological polar surface area (TPSA) is 74.5 Å². The van der Waals surface area contributed by atoms with Crippen LogP contribution < -0.4 is 11.1 Å². The van der Waals surface area contributed by atoms with Crippen molar-refractivity contribution in [1.82, 2.24) is 14.8 Å². The van der Waals surface area contributed by atoms with E-state index in [1.165, 1.54) is 12.3 Å². The lowest BCUT2D eigenvalue weighted by molar-refractivity contribution is -0.0257. The van der Waals surface area contributed by atoms with Gasteiger partial charge in [0.15, 0.2) is 0 Å². The molecule has 0 saturated carbocycles. The summed E-state index contributed by atoms with van der Waals surface area (Å²) in [4.78, 5) is 21.4. The Kier molecular flexibility index (Phi) is 7.10. The number of hydrogen-bond donors (Lipinski definition) is 2. The van der Waals surface area contributed by atoms with Gasteiger partial charge in [-0.3, -0.25) is 9.69 Å². The van der Waals surface area contributed by atoms with Gasteiger partial charge in [0.1, 0.15) is 5.82 Å². The first-order valence-electron chi connectivity index (χ1n) is 12.4. The Morgan fingerprint density at radius 3 is 2.63 bits per heavy atom. The largest absolute Gasteiger partial charge is 0.382 e. The van der Waals surface area contributed by atoms with Crippen LogP contribution in [0.2, 0.25) is 5.02 Å². The van der Waals surface area contributed by atoms with E-state index in [4.69, 9.17) is 17.3 Å². The maximum Gasteiger partial charge on any atom is 0.275 e. The number of benzene rings is 2. The van der Waals surface area contributed by atoms with Crippen LogP contribution in [0.5, 0.6) is 0 Å². The van der Waals surface area contributed by atoms with Gasteiger partial charge < -0.3 is 16.0 Å². The van der Waals surface area contributed by atoms with Crippen LogP contribution in [-0.2, 0) is 5.92 Å². The average molecular weight is 536 g/mol. The van der Waals surface area contributed by atoms with Crippen molar-refractivity contribution < 1.29 is 13.6 Å². The SMILES string of the molecule is Cc1ccc(C(=O)Nc2ccc3c(c2)C(F)(F)CC3N2CCN(C)CC2)cc1C#Cc1cnc(N)c(Cl)c1. The number of nitrogens with two attached hydrogens (primary N) is 1. The number of aryl methyl sites for hydroxylation is 1. The Bertz CT molecular complexity index is 1460. The summed E-state index contributed by atoms with van der Waals surface area (Å²) in [6.45, 7) is 5.13. The van der Waals surface area contributed by atoms with E-state index >= 15 is 8.78 Å². The molecule has 1 amide bonds. The van der Waals surface area contributed by atoms with Gasteiger partial charge in [-0.1, -0.05) is 35.6 Å². The van der Waals surface area contributed by atoms with Crippen molar-refractivity contribution in [3.8, 4) is 11.8 Å². The molecule has 2 aromatic carbocycles. The van der Waals surface area contributed by atoms with Crippen molar-refractivity contribution in [1.29, 1.82) is 0 Å². The van der Waals surface area contributed by atoms with Gasteiger partial charge in [-0.25, -0.2) is 13.8 Å².